The minimum Gasteiger partial charge on any atom is -0.396 e. The lowest BCUT2D eigenvalue weighted by Gasteiger charge is -2.21. The summed E-state index contributed by atoms with van der Waals surface area (Å²) in [7, 11) is 1.91. The molecule has 0 saturated heterocycles. The molecule has 0 aliphatic heterocycles. The van der Waals surface area contributed by atoms with Crippen molar-refractivity contribution in [2.24, 2.45) is 0 Å². The van der Waals surface area contributed by atoms with E-state index in [0.717, 1.165) is 15.7 Å². The first-order valence-corrected chi connectivity index (χ1v) is 6.21. The molecule has 0 amide bonds. The van der Waals surface area contributed by atoms with E-state index in [-0.39, 0.29) is 5.82 Å². The molecule has 2 rings (SSSR count). The Labute approximate surface area is 114 Å². The van der Waals surface area contributed by atoms with Gasteiger partial charge >= 0.3 is 0 Å². The average molecular weight is 310 g/mol. The van der Waals surface area contributed by atoms with Gasteiger partial charge in [0.2, 0.25) is 0 Å². The molecule has 0 fully saturated rings. The number of nitrogens with zero attached hydrogens (tertiary/aromatic N) is 2. The fourth-order valence-electron chi connectivity index (χ4n) is 1.81. The van der Waals surface area contributed by atoms with E-state index in [9.17, 15) is 4.39 Å². The van der Waals surface area contributed by atoms with Crippen LogP contribution in [0.4, 0.5) is 15.8 Å². The molecule has 2 N–H and O–H groups in total. The fourth-order valence-corrected chi connectivity index (χ4v) is 2.32. The first kappa shape index (κ1) is 12.8. The smallest absolute Gasteiger partial charge is 0.124 e. The number of nitrogen functional groups attached to an aromatic ring is 1. The van der Waals surface area contributed by atoms with Gasteiger partial charge < -0.3 is 10.6 Å². The van der Waals surface area contributed by atoms with Crippen molar-refractivity contribution in [3.05, 3.63) is 52.5 Å². The van der Waals surface area contributed by atoms with Crippen LogP contribution in [0.15, 0.2) is 41.1 Å². The lowest BCUT2D eigenvalue weighted by Crippen LogP contribution is -2.18. The largest absolute Gasteiger partial charge is 0.396 e. The normalized spacial score (nSPS) is 10.4. The molecule has 18 heavy (non-hydrogen) atoms. The van der Waals surface area contributed by atoms with Crippen LogP contribution in [0.3, 0.4) is 0 Å². The molecular weight excluding hydrogens is 297 g/mol. The van der Waals surface area contributed by atoms with E-state index in [4.69, 9.17) is 5.73 Å². The van der Waals surface area contributed by atoms with Gasteiger partial charge in [-0.15, -0.1) is 0 Å². The summed E-state index contributed by atoms with van der Waals surface area (Å²) in [6.45, 7) is 0.574. The minimum absolute atomic E-state index is 0.254. The first-order chi connectivity index (χ1) is 8.56. The Morgan fingerprint density at radius 2 is 2.17 bits per heavy atom. The van der Waals surface area contributed by atoms with Crippen LogP contribution in [0.2, 0.25) is 0 Å². The first-order valence-electron chi connectivity index (χ1n) is 5.42. The number of benzene rings is 1. The predicted octanol–water partition coefficient (Wildman–Crippen LogP) is 3.20. The van der Waals surface area contributed by atoms with Crippen LogP contribution < -0.4 is 10.6 Å². The molecule has 1 aromatic heterocycles. The number of rotatable bonds is 3. The second-order valence-corrected chi connectivity index (χ2v) is 4.98. The van der Waals surface area contributed by atoms with Gasteiger partial charge in [-0.05, 0) is 29.8 Å². The summed E-state index contributed by atoms with van der Waals surface area (Å²) in [6, 6.07) is 6.67. The Balaban J connectivity index is 2.21. The molecule has 0 aliphatic rings. The lowest BCUT2D eigenvalue weighted by molar-refractivity contribution is 0.624. The summed E-state index contributed by atoms with van der Waals surface area (Å²) in [5.41, 5.74) is 8.21. The molecule has 0 spiro atoms. The zero-order valence-corrected chi connectivity index (χ0v) is 11.5. The third-order valence-corrected chi connectivity index (χ3v) is 3.04. The van der Waals surface area contributed by atoms with Gasteiger partial charge in [0.05, 0.1) is 17.6 Å². The fraction of sp³-hybridized carbons (Fsp3) is 0.154. The molecule has 3 nitrogen and oxygen atoms in total. The molecule has 0 bridgehead atoms. The Morgan fingerprint density at radius 1 is 1.39 bits per heavy atom. The Morgan fingerprint density at radius 3 is 2.83 bits per heavy atom. The van der Waals surface area contributed by atoms with Gasteiger partial charge in [-0.2, -0.15) is 0 Å². The van der Waals surface area contributed by atoms with Crippen LogP contribution in [0.5, 0.6) is 0 Å². The third-order valence-electron chi connectivity index (χ3n) is 2.58. The molecule has 0 unspecified atom stereocenters. The second-order valence-electron chi connectivity index (χ2n) is 4.07. The van der Waals surface area contributed by atoms with Crippen molar-refractivity contribution >= 4 is 27.3 Å². The van der Waals surface area contributed by atoms with E-state index in [1.54, 1.807) is 12.4 Å². The van der Waals surface area contributed by atoms with Gasteiger partial charge in [0.15, 0.2) is 0 Å². The number of aromatic nitrogens is 1. The topological polar surface area (TPSA) is 42.2 Å². The summed E-state index contributed by atoms with van der Waals surface area (Å²) in [5.74, 6) is -0.254. The predicted molar refractivity (Wildman–Crippen MR) is 74.9 cm³/mol. The Bertz CT molecular complexity index is 539. The number of pyridine rings is 1. The van der Waals surface area contributed by atoms with Crippen molar-refractivity contribution in [3.63, 3.8) is 0 Å². The quantitative estimate of drug-likeness (QED) is 0.946. The molecule has 1 heterocycles. The van der Waals surface area contributed by atoms with Crippen molar-refractivity contribution in [2.45, 2.75) is 6.54 Å². The number of hydrogen-bond donors (Lipinski definition) is 1. The van der Waals surface area contributed by atoms with E-state index in [0.29, 0.717) is 12.2 Å². The molecule has 94 valence electrons. The van der Waals surface area contributed by atoms with Crippen LogP contribution in [-0.4, -0.2) is 12.0 Å². The Kier molecular flexibility index (Phi) is 3.81. The van der Waals surface area contributed by atoms with Gasteiger partial charge in [-0.1, -0.05) is 15.9 Å². The third kappa shape index (κ3) is 2.98. The van der Waals surface area contributed by atoms with Crippen molar-refractivity contribution in [1.82, 2.24) is 4.98 Å². The molecule has 0 radical (unpaired) electrons. The molecular formula is C13H13BrFN3. The lowest BCUT2D eigenvalue weighted by atomic mass is 10.2. The highest BCUT2D eigenvalue weighted by molar-refractivity contribution is 9.10. The van der Waals surface area contributed by atoms with Crippen molar-refractivity contribution in [1.29, 1.82) is 0 Å². The van der Waals surface area contributed by atoms with Crippen molar-refractivity contribution in [3.8, 4) is 0 Å². The monoisotopic (exact) mass is 309 g/mol. The highest BCUT2D eigenvalue weighted by Gasteiger charge is 2.07. The van der Waals surface area contributed by atoms with Gasteiger partial charge in [0, 0.05) is 24.3 Å². The van der Waals surface area contributed by atoms with Crippen LogP contribution >= 0.6 is 15.9 Å². The van der Waals surface area contributed by atoms with E-state index >= 15 is 0 Å². The van der Waals surface area contributed by atoms with Gasteiger partial charge in [0.25, 0.3) is 0 Å². The van der Waals surface area contributed by atoms with Crippen LogP contribution in [0.1, 0.15) is 5.56 Å². The second kappa shape index (κ2) is 5.35. The highest BCUT2D eigenvalue weighted by Crippen LogP contribution is 2.23. The molecule has 0 aliphatic carbocycles. The molecule has 2 aromatic rings. The minimum atomic E-state index is -0.254. The number of hydrogen-bond acceptors (Lipinski definition) is 3. The van der Waals surface area contributed by atoms with Gasteiger partial charge in [0.1, 0.15) is 5.82 Å². The van der Waals surface area contributed by atoms with Crippen LogP contribution in [-0.2, 0) is 6.54 Å². The van der Waals surface area contributed by atoms with Crippen molar-refractivity contribution < 1.29 is 4.39 Å². The van der Waals surface area contributed by atoms with Crippen molar-refractivity contribution in [2.75, 3.05) is 17.7 Å². The van der Waals surface area contributed by atoms with E-state index in [2.05, 4.69) is 20.9 Å². The molecule has 5 heteroatoms. The average Bonchev–Trinajstić information content (AvgIpc) is 2.27. The summed E-state index contributed by atoms with van der Waals surface area (Å²) in [6.07, 6.45) is 3.29. The summed E-state index contributed by atoms with van der Waals surface area (Å²) in [4.78, 5) is 5.90. The maximum absolute atomic E-state index is 13.3. The van der Waals surface area contributed by atoms with E-state index in [1.165, 1.54) is 12.1 Å². The summed E-state index contributed by atoms with van der Waals surface area (Å²) < 4.78 is 14.0. The van der Waals surface area contributed by atoms with Crippen LogP contribution in [0, 0.1) is 5.82 Å². The maximum Gasteiger partial charge on any atom is 0.124 e. The number of anilines is 2. The molecule has 0 atom stereocenters. The van der Waals surface area contributed by atoms with Gasteiger partial charge in [-0.3, -0.25) is 4.98 Å². The number of nitrogens with two attached hydrogens (primary N) is 1. The molecule has 1 aromatic carbocycles. The zero-order chi connectivity index (χ0) is 13.1. The highest BCUT2D eigenvalue weighted by atomic mass is 79.9. The van der Waals surface area contributed by atoms with Gasteiger partial charge in [-0.25, -0.2) is 4.39 Å². The standard InChI is InChI=1S/C13H13BrFN3/c1-18(13-2-3-17-7-12(13)16)8-9-4-10(14)6-11(15)5-9/h2-7H,8,16H2,1H3. The Hall–Kier alpha value is -1.62. The molecule has 0 saturated carbocycles. The summed E-state index contributed by atoms with van der Waals surface area (Å²) in [5, 5.41) is 0. The zero-order valence-electron chi connectivity index (χ0n) is 9.90. The summed E-state index contributed by atoms with van der Waals surface area (Å²) >= 11 is 3.28. The van der Waals surface area contributed by atoms with E-state index in [1.807, 2.05) is 24.1 Å². The number of halogens is 2. The maximum atomic E-state index is 13.3. The van der Waals surface area contributed by atoms with Crippen LogP contribution in [0.25, 0.3) is 0 Å². The van der Waals surface area contributed by atoms with E-state index < -0.39 is 0 Å². The SMILES string of the molecule is CN(Cc1cc(F)cc(Br)c1)c1ccncc1N.